The average Bonchev–Trinajstić information content (AvgIpc) is 2.32. The van der Waals surface area contributed by atoms with Gasteiger partial charge in [0.1, 0.15) is 12.0 Å². The topological polar surface area (TPSA) is 23.6 Å². The minimum absolute atomic E-state index is 0.0266. The van der Waals surface area contributed by atoms with Gasteiger partial charge in [-0.05, 0) is 6.42 Å². The van der Waals surface area contributed by atoms with Crippen LogP contribution in [0.1, 0.15) is 19.8 Å². The third-order valence-corrected chi connectivity index (χ3v) is 3.27. The van der Waals surface area contributed by atoms with Gasteiger partial charge >= 0.3 is 0 Å². The number of likely N-dealkylation sites (N-methyl/N-ethyl adjacent to an activating group) is 1. The molecule has 1 aliphatic rings. The summed E-state index contributed by atoms with van der Waals surface area (Å²) < 4.78 is 3.55. The van der Waals surface area contributed by atoms with Crippen LogP contribution >= 0.6 is 23.7 Å². The Balaban J connectivity index is 2.57. The maximum Gasteiger partial charge on any atom is 0.252 e. The summed E-state index contributed by atoms with van der Waals surface area (Å²) in [5, 5.41) is 0. The number of hydrogen-bond donors (Lipinski definition) is 0. The minimum atomic E-state index is 0.0266. The molecule has 0 N–H and O–H groups in total. The van der Waals surface area contributed by atoms with Gasteiger partial charge in [0.05, 0.1) is 0 Å². The Bertz CT molecular complexity index is 179. The highest BCUT2D eigenvalue weighted by Gasteiger charge is 2.36. The van der Waals surface area contributed by atoms with Crippen LogP contribution in [-0.4, -0.2) is 33.6 Å². The minimum Gasteiger partial charge on any atom is -0.272 e. The van der Waals surface area contributed by atoms with E-state index >= 15 is 0 Å². The molecule has 1 heterocycles. The molecule has 1 atom stereocenters. The molecule has 0 aromatic carbocycles. The van der Waals surface area contributed by atoms with Gasteiger partial charge in [-0.15, -0.1) is 11.6 Å². The van der Waals surface area contributed by atoms with E-state index in [0.29, 0.717) is 0 Å². The van der Waals surface area contributed by atoms with Crippen molar-refractivity contribution in [1.29, 1.82) is 0 Å². The fourth-order valence-corrected chi connectivity index (χ4v) is 2.35. The summed E-state index contributed by atoms with van der Waals surface area (Å²) in [7, 11) is 1.93. The quantitative estimate of drug-likeness (QED) is 0.401. The van der Waals surface area contributed by atoms with Crippen LogP contribution in [0.15, 0.2) is 0 Å². The van der Waals surface area contributed by atoms with Crippen LogP contribution in [0.2, 0.25) is 0 Å². The number of amides is 1. The fraction of sp³-hybridized carbons (Fsp3) is 0.857. The molecule has 0 saturated carbocycles. The highest BCUT2D eigenvalue weighted by molar-refractivity contribution is 7.95. The molecule has 1 unspecified atom stereocenters. The van der Waals surface area contributed by atoms with Crippen LogP contribution in [0, 0.1) is 0 Å². The number of carbonyl (C=O) groups excluding carboxylic acids is 1. The number of rotatable bonds is 3. The van der Waals surface area contributed by atoms with Gasteiger partial charge in [0, 0.05) is 19.2 Å². The van der Waals surface area contributed by atoms with E-state index in [-0.39, 0.29) is 18.0 Å². The van der Waals surface area contributed by atoms with Crippen LogP contribution in [0.3, 0.4) is 0 Å². The van der Waals surface area contributed by atoms with Crippen molar-refractivity contribution in [2.75, 3.05) is 13.1 Å². The van der Waals surface area contributed by atoms with Crippen molar-refractivity contribution in [3.63, 3.8) is 0 Å². The molecule has 12 heavy (non-hydrogen) atoms. The van der Waals surface area contributed by atoms with Gasteiger partial charge in [-0.1, -0.05) is 13.3 Å². The fourth-order valence-electron chi connectivity index (χ4n) is 1.23. The van der Waals surface area contributed by atoms with Crippen molar-refractivity contribution < 1.29 is 4.79 Å². The van der Waals surface area contributed by atoms with Crippen molar-refractivity contribution in [3.8, 4) is 0 Å². The molecule has 0 radical (unpaired) electrons. The molecule has 0 bridgehead atoms. The third-order valence-electron chi connectivity index (χ3n) is 1.87. The summed E-state index contributed by atoms with van der Waals surface area (Å²) in [4.78, 5) is 11.5. The lowest BCUT2D eigenvalue weighted by Gasteiger charge is -2.11. The van der Waals surface area contributed by atoms with Crippen molar-refractivity contribution in [3.05, 3.63) is 0 Å². The molecule has 1 aliphatic heterocycles. The molecular formula is C7H13ClN2OS. The number of hydrogen-bond acceptors (Lipinski definition) is 3. The van der Waals surface area contributed by atoms with Gasteiger partial charge < -0.3 is 0 Å². The maximum absolute atomic E-state index is 11.5. The summed E-state index contributed by atoms with van der Waals surface area (Å²) in [6, 6.07) is 0.298. The Kier molecular flexibility index (Phi) is 3.68. The molecule has 1 saturated heterocycles. The second-order valence-electron chi connectivity index (χ2n) is 2.77. The highest BCUT2D eigenvalue weighted by Crippen LogP contribution is 2.30. The van der Waals surface area contributed by atoms with Gasteiger partial charge in [0.15, 0.2) is 0 Å². The van der Waals surface area contributed by atoms with Crippen LogP contribution in [0.25, 0.3) is 0 Å². The van der Waals surface area contributed by atoms with E-state index in [4.69, 9.17) is 11.6 Å². The molecule has 3 nitrogen and oxygen atoms in total. The number of nitrogens with zero attached hydrogens (tertiary/aromatic N) is 2. The highest BCUT2D eigenvalue weighted by atomic mass is 35.5. The zero-order valence-electron chi connectivity index (χ0n) is 7.29. The molecule has 70 valence electrons. The van der Waals surface area contributed by atoms with Crippen LogP contribution in [0.5, 0.6) is 0 Å². The molecule has 1 fully saturated rings. The molecule has 0 aromatic heterocycles. The van der Waals surface area contributed by atoms with Crippen molar-refractivity contribution in [1.82, 2.24) is 8.61 Å². The molecule has 5 heteroatoms. The van der Waals surface area contributed by atoms with Crippen LogP contribution in [-0.2, 0) is 4.79 Å². The first kappa shape index (κ1) is 10.2. The van der Waals surface area contributed by atoms with Crippen molar-refractivity contribution >= 4 is 29.6 Å². The van der Waals surface area contributed by atoms with E-state index in [1.807, 2.05) is 11.4 Å². The SMILES string of the molecule is CCCC1C(=O)N(CCl)SN1C. The predicted molar refractivity (Wildman–Crippen MR) is 51.6 cm³/mol. The molecule has 0 aliphatic carbocycles. The van der Waals surface area contributed by atoms with Gasteiger partial charge in [-0.3, -0.25) is 9.10 Å². The molecule has 0 spiro atoms. The summed E-state index contributed by atoms with van der Waals surface area (Å²) in [6.07, 6.45) is 1.94. The van der Waals surface area contributed by atoms with E-state index in [0.717, 1.165) is 12.8 Å². The summed E-state index contributed by atoms with van der Waals surface area (Å²) in [5.41, 5.74) is 0. The largest absolute Gasteiger partial charge is 0.272 e. The van der Waals surface area contributed by atoms with E-state index < -0.39 is 0 Å². The van der Waals surface area contributed by atoms with Gasteiger partial charge in [0.2, 0.25) is 0 Å². The molecule has 1 rings (SSSR count). The second-order valence-corrected chi connectivity index (χ2v) is 4.19. The Labute approximate surface area is 82.3 Å². The maximum atomic E-state index is 11.5. The van der Waals surface area contributed by atoms with Crippen molar-refractivity contribution in [2.24, 2.45) is 0 Å². The zero-order valence-corrected chi connectivity index (χ0v) is 8.86. The van der Waals surface area contributed by atoms with E-state index in [9.17, 15) is 4.79 Å². The Morgan fingerprint density at radius 1 is 1.67 bits per heavy atom. The monoisotopic (exact) mass is 208 g/mol. The second kappa shape index (κ2) is 4.35. The predicted octanol–water partition coefficient (Wildman–Crippen LogP) is 1.69. The van der Waals surface area contributed by atoms with Crippen molar-refractivity contribution in [2.45, 2.75) is 25.8 Å². The van der Waals surface area contributed by atoms with Gasteiger partial charge in [0.25, 0.3) is 5.91 Å². The number of halogens is 1. The number of carbonyl (C=O) groups is 1. The van der Waals surface area contributed by atoms with Crippen LogP contribution < -0.4 is 0 Å². The Hall–Kier alpha value is 0.0700. The third kappa shape index (κ3) is 1.87. The average molecular weight is 209 g/mol. The first-order valence-electron chi connectivity index (χ1n) is 3.99. The summed E-state index contributed by atoms with van der Waals surface area (Å²) >= 11 is 7.00. The van der Waals surface area contributed by atoms with Crippen LogP contribution in [0.4, 0.5) is 0 Å². The van der Waals surface area contributed by atoms with Gasteiger partial charge in [-0.25, -0.2) is 4.31 Å². The normalized spacial score (nSPS) is 25.4. The molecule has 0 aromatic rings. The lowest BCUT2D eigenvalue weighted by Crippen LogP contribution is -2.30. The lowest BCUT2D eigenvalue weighted by molar-refractivity contribution is -0.127. The summed E-state index contributed by atoms with van der Waals surface area (Å²) in [6.45, 7) is 2.08. The molecule has 1 amide bonds. The smallest absolute Gasteiger partial charge is 0.252 e. The first-order chi connectivity index (χ1) is 5.70. The Morgan fingerprint density at radius 3 is 2.75 bits per heavy atom. The van der Waals surface area contributed by atoms with Gasteiger partial charge in [-0.2, -0.15) is 0 Å². The van der Waals surface area contributed by atoms with E-state index in [1.54, 1.807) is 4.31 Å². The zero-order chi connectivity index (χ0) is 9.14. The van der Waals surface area contributed by atoms with E-state index in [2.05, 4.69) is 6.92 Å². The Morgan fingerprint density at radius 2 is 2.33 bits per heavy atom. The first-order valence-corrected chi connectivity index (χ1v) is 5.25. The lowest BCUT2D eigenvalue weighted by atomic mass is 10.1. The standard InChI is InChI=1S/C7H13ClN2OS/c1-3-4-6-7(11)10(5-8)12-9(6)2/h6H,3-5H2,1-2H3. The van der Waals surface area contributed by atoms with E-state index in [1.165, 1.54) is 12.1 Å². The molecular weight excluding hydrogens is 196 g/mol. The number of alkyl halides is 1. The summed E-state index contributed by atoms with van der Waals surface area (Å²) in [5.74, 6) is 0.138.